The molecule has 7 nitrogen and oxygen atoms in total. The third-order valence-corrected chi connectivity index (χ3v) is 5.15. The van der Waals surface area contributed by atoms with Gasteiger partial charge in [0.05, 0.1) is 29.0 Å². The minimum Gasteiger partial charge on any atom is -0.481 e. The zero-order valence-corrected chi connectivity index (χ0v) is 14.7. The largest absolute Gasteiger partial charge is 0.481 e. The van der Waals surface area contributed by atoms with Crippen LogP contribution in [0.1, 0.15) is 30.7 Å². The summed E-state index contributed by atoms with van der Waals surface area (Å²) in [5.41, 5.74) is -0.187. The van der Waals surface area contributed by atoms with Gasteiger partial charge in [-0.3, -0.25) is 9.59 Å². The molecule has 8 heteroatoms. The predicted molar refractivity (Wildman–Crippen MR) is 91.4 cm³/mol. The number of nitrogens with zero attached hydrogens (tertiary/aromatic N) is 1. The summed E-state index contributed by atoms with van der Waals surface area (Å²) in [5, 5.41) is 14.0. The summed E-state index contributed by atoms with van der Waals surface area (Å²) in [6.07, 6.45) is 0.926. The van der Waals surface area contributed by atoms with Gasteiger partial charge in [0.1, 0.15) is 5.76 Å². The van der Waals surface area contributed by atoms with Crippen LogP contribution in [0.2, 0.25) is 0 Å². The third-order valence-electron chi connectivity index (χ3n) is 4.30. The van der Waals surface area contributed by atoms with E-state index in [4.69, 9.17) is 14.3 Å². The number of hydrogen-bond donors (Lipinski definition) is 2. The van der Waals surface area contributed by atoms with E-state index in [1.807, 2.05) is 17.5 Å². The molecule has 25 heavy (non-hydrogen) atoms. The molecule has 2 aromatic rings. The number of aliphatic carboxylic acids is 1. The van der Waals surface area contributed by atoms with Crippen molar-refractivity contribution in [3.63, 3.8) is 0 Å². The van der Waals surface area contributed by atoms with E-state index in [2.05, 4.69) is 10.3 Å². The standard InChI is InChI=1S/C17H20N2O5S/c1-11-12(18-16(24-11)13-3-2-8-25-13)9-14(20)19-17(10-15(21)22)4-6-23-7-5-17/h2-3,8H,4-7,9-10H2,1H3,(H,19,20)(H,21,22). The summed E-state index contributed by atoms with van der Waals surface area (Å²) in [4.78, 5) is 29.0. The number of thiophene rings is 1. The number of carboxylic acid groups (broad SMARTS) is 1. The SMILES string of the molecule is Cc1oc(-c2cccs2)nc1CC(=O)NC1(CC(=O)O)CCOCC1. The molecule has 0 atom stereocenters. The van der Waals surface area contributed by atoms with Crippen molar-refractivity contribution in [2.45, 2.75) is 38.1 Å². The first kappa shape index (κ1) is 17.6. The number of nitrogens with one attached hydrogen (secondary N) is 1. The number of carbonyl (C=O) groups excluding carboxylic acids is 1. The summed E-state index contributed by atoms with van der Waals surface area (Å²) >= 11 is 1.52. The lowest BCUT2D eigenvalue weighted by atomic mass is 9.86. The van der Waals surface area contributed by atoms with Crippen LogP contribution in [0.5, 0.6) is 0 Å². The smallest absolute Gasteiger partial charge is 0.305 e. The fourth-order valence-electron chi connectivity index (χ4n) is 2.99. The summed E-state index contributed by atoms with van der Waals surface area (Å²) < 4.78 is 10.9. The van der Waals surface area contributed by atoms with Crippen molar-refractivity contribution >= 4 is 23.2 Å². The Kier molecular flexibility index (Phi) is 5.19. The number of aromatic nitrogens is 1. The molecular formula is C17H20N2O5S. The Morgan fingerprint density at radius 3 is 2.80 bits per heavy atom. The molecule has 0 bridgehead atoms. The highest BCUT2D eigenvalue weighted by Gasteiger charge is 2.36. The van der Waals surface area contributed by atoms with Crippen molar-refractivity contribution < 1.29 is 23.8 Å². The Labute approximate surface area is 149 Å². The van der Waals surface area contributed by atoms with Gasteiger partial charge >= 0.3 is 5.97 Å². The maximum Gasteiger partial charge on any atom is 0.305 e. The maximum absolute atomic E-state index is 12.5. The van der Waals surface area contributed by atoms with Gasteiger partial charge in [0.25, 0.3) is 0 Å². The van der Waals surface area contributed by atoms with Crippen LogP contribution >= 0.6 is 11.3 Å². The van der Waals surface area contributed by atoms with Gasteiger partial charge in [0, 0.05) is 13.2 Å². The molecule has 0 spiro atoms. The normalized spacial score (nSPS) is 16.5. The Balaban J connectivity index is 1.70. The van der Waals surface area contributed by atoms with E-state index in [0.717, 1.165) is 4.88 Å². The van der Waals surface area contributed by atoms with Crippen LogP contribution in [0, 0.1) is 6.92 Å². The zero-order chi connectivity index (χ0) is 17.9. The van der Waals surface area contributed by atoms with E-state index in [9.17, 15) is 9.59 Å². The highest BCUT2D eigenvalue weighted by Crippen LogP contribution is 2.27. The van der Waals surface area contributed by atoms with Gasteiger partial charge in [-0.05, 0) is 31.2 Å². The van der Waals surface area contributed by atoms with Crippen LogP contribution in [0.25, 0.3) is 10.8 Å². The van der Waals surface area contributed by atoms with Crippen molar-refractivity contribution in [2.75, 3.05) is 13.2 Å². The van der Waals surface area contributed by atoms with E-state index >= 15 is 0 Å². The summed E-state index contributed by atoms with van der Waals surface area (Å²) in [7, 11) is 0. The highest BCUT2D eigenvalue weighted by atomic mass is 32.1. The quantitative estimate of drug-likeness (QED) is 0.816. The second-order valence-electron chi connectivity index (χ2n) is 6.19. The van der Waals surface area contributed by atoms with Crippen LogP contribution in [-0.2, 0) is 20.7 Å². The van der Waals surface area contributed by atoms with Gasteiger partial charge in [-0.25, -0.2) is 4.98 Å². The topological polar surface area (TPSA) is 102 Å². The second-order valence-corrected chi connectivity index (χ2v) is 7.14. The van der Waals surface area contributed by atoms with Gasteiger partial charge in [0.2, 0.25) is 11.8 Å². The molecule has 1 saturated heterocycles. The number of amides is 1. The van der Waals surface area contributed by atoms with Gasteiger partial charge in [0.15, 0.2) is 0 Å². The molecule has 3 heterocycles. The minimum absolute atomic E-state index is 0.0585. The summed E-state index contributed by atoms with van der Waals surface area (Å²) in [6, 6.07) is 3.82. The van der Waals surface area contributed by atoms with Crippen LogP contribution < -0.4 is 5.32 Å². The monoisotopic (exact) mass is 364 g/mol. The van der Waals surface area contributed by atoms with Crippen LogP contribution in [-0.4, -0.2) is 40.7 Å². The van der Waals surface area contributed by atoms with E-state index in [0.29, 0.717) is 43.4 Å². The highest BCUT2D eigenvalue weighted by molar-refractivity contribution is 7.13. The van der Waals surface area contributed by atoms with Crippen molar-refractivity contribution in [3.05, 3.63) is 29.0 Å². The molecule has 0 aliphatic carbocycles. The number of carboxylic acids is 1. The summed E-state index contributed by atoms with van der Waals surface area (Å²) in [6.45, 7) is 2.66. The van der Waals surface area contributed by atoms with Gasteiger partial charge < -0.3 is 19.6 Å². The third kappa shape index (κ3) is 4.26. The average molecular weight is 364 g/mol. The number of aryl methyl sites for hydroxylation is 1. The Hall–Kier alpha value is -2.19. The van der Waals surface area contributed by atoms with Crippen LogP contribution in [0.15, 0.2) is 21.9 Å². The lowest BCUT2D eigenvalue weighted by molar-refractivity contribution is -0.140. The van der Waals surface area contributed by atoms with Crippen LogP contribution in [0.3, 0.4) is 0 Å². The van der Waals surface area contributed by atoms with Gasteiger partial charge in [-0.1, -0.05) is 6.07 Å². The average Bonchev–Trinajstić information content (AvgIpc) is 3.17. The predicted octanol–water partition coefficient (Wildman–Crippen LogP) is 2.39. The van der Waals surface area contributed by atoms with E-state index in [-0.39, 0.29) is 18.7 Å². The first-order valence-corrected chi connectivity index (χ1v) is 8.96. The van der Waals surface area contributed by atoms with Gasteiger partial charge in [-0.15, -0.1) is 11.3 Å². The molecule has 1 aliphatic rings. The lowest BCUT2D eigenvalue weighted by Crippen LogP contribution is -2.53. The van der Waals surface area contributed by atoms with Crippen molar-refractivity contribution in [1.82, 2.24) is 10.3 Å². The first-order chi connectivity index (χ1) is 12.0. The Morgan fingerprint density at radius 2 is 2.16 bits per heavy atom. The molecule has 2 N–H and O–H groups in total. The van der Waals surface area contributed by atoms with Gasteiger partial charge in [-0.2, -0.15) is 0 Å². The Bertz CT molecular complexity index is 747. The zero-order valence-electron chi connectivity index (χ0n) is 13.9. The molecule has 1 fully saturated rings. The number of rotatable bonds is 6. The number of carbonyl (C=O) groups is 2. The van der Waals surface area contributed by atoms with E-state index in [1.54, 1.807) is 6.92 Å². The van der Waals surface area contributed by atoms with E-state index in [1.165, 1.54) is 11.3 Å². The second kappa shape index (κ2) is 7.37. The maximum atomic E-state index is 12.5. The van der Waals surface area contributed by atoms with E-state index < -0.39 is 11.5 Å². The summed E-state index contributed by atoms with van der Waals surface area (Å²) in [5.74, 6) is -0.0866. The molecule has 0 radical (unpaired) electrons. The molecule has 134 valence electrons. The fourth-order valence-corrected chi connectivity index (χ4v) is 3.64. The van der Waals surface area contributed by atoms with Crippen molar-refractivity contribution in [3.8, 4) is 10.8 Å². The van der Waals surface area contributed by atoms with Crippen molar-refractivity contribution in [1.29, 1.82) is 0 Å². The number of hydrogen-bond acceptors (Lipinski definition) is 6. The molecule has 0 saturated carbocycles. The fraction of sp³-hybridized carbons (Fsp3) is 0.471. The van der Waals surface area contributed by atoms with Crippen LogP contribution in [0.4, 0.5) is 0 Å². The molecule has 3 rings (SSSR count). The molecular weight excluding hydrogens is 344 g/mol. The molecule has 1 aliphatic heterocycles. The minimum atomic E-state index is -0.931. The lowest BCUT2D eigenvalue weighted by Gasteiger charge is -2.36. The molecule has 1 amide bonds. The number of oxazole rings is 1. The van der Waals surface area contributed by atoms with Crippen molar-refractivity contribution in [2.24, 2.45) is 0 Å². The first-order valence-electron chi connectivity index (χ1n) is 8.08. The molecule has 2 aromatic heterocycles. The molecule has 0 aromatic carbocycles. The Morgan fingerprint density at radius 1 is 1.40 bits per heavy atom. The number of ether oxygens (including phenoxy) is 1. The molecule has 0 unspecified atom stereocenters.